The Bertz CT molecular complexity index is 949. The van der Waals surface area contributed by atoms with Crippen LogP contribution in [-0.2, 0) is 7.05 Å². The van der Waals surface area contributed by atoms with Gasteiger partial charge in [0.1, 0.15) is 5.82 Å². The molecular formula is C16H17F2N7. The first kappa shape index (κ1) is 15.7. The SMILES string of the molecule is Cn1ncc2c(Nc3cccc(F)c3F)nc(NCC3(N)CC3)nc21. The maximum atomic E-state index is 14.0. The van der Waals surface area contributed by atoms with Crippen LogP contribution in [0, 0.1) is 11.6 Å². The maximum absolute atomic E-state index is 14.0. The molecule has 2 aromatic heterocycles. The summed E-state index contributed by atoms with van der Waals surface area (Å²) in [5.41, 5.74) is 6.42. The van der Waals surface area contributed by atoms with Gasteiger partial charge in [-0.2, -0.15) is 15.1 Å². The number of aromatic nitrogens is 4. The van der Waals surface area contributed by atoms with Crippen LogP contribution < -0.4 is 16.4 Å². The minimum atomic E-state index is -0.966. The fourth-order valence-corrected chi connectivity index (χ4v) is 2.52. The summed E-state index contributed by atoms with van der Waals surface area (Å²) in [6.07, 6.45) is 3.48. The first-order valence-electron chi connectivity index (χ1n) is 7.89. The smallest absolute Gasteiger partial charge is 0.226 e. The van der Waals surface area contributed by atoms with Gasteiger partial charge in [-0.1, -0.05) is 6.07 Å². The third-order valence-corrected chi connectivity index (χ3v) is 4.29. The van der Waals surface area contributed by atoms with E-state index in [9.17, 15) is 8.78 Å². The van der Waals surface area contributed by atoms with Gasteiger partial charge in [-0.05, 0) is 25.0 Å². The van der Waals surface area contributed by atoms with Gasteiger partial charge in [0.05, 0.1) is 17.3 Å². The van der Waals surface area contributed by atoms with Gasteiger partial charge in [0.2, 0.25) is 5.95 Å². The Kier molecular flexibility index (Phi) is 3.53. The Morgan fingerprint density at radius 3 is 2.84 bits per heavy atom. The number of nitrogens with one attached hydrogen (secondary N) is 2. The highest BCUT2D eigenvalue weighted by Gasteiger charge is 2.38. The number of hydrogen-bond acceptors (Lipinski definition) is 6. The summed E-state index contributed by atoms with van der Waals surface area (Å²) in [7, 11) is 1.75. The molecule has 130 valence electrons. The molecule has 1 fully saturated rings. The molecule has 4 rings (SSSR count). The first-order chi connectivity index (χ1) is 12.0. The predicted octanol–water partition coefficient (Wildman–Crippen LogP) is 2.29. The maximum Gasteiger partial charge on any atom is 0.226 e. The van der Waals surface area contributed by atoms with Crippen LogP contribution in [0.2, 0.25) is 0 Å². The fraction of sp³-hybridized carbons (Fsp3) is 0.312. The van der Waals surface area contributed by atoms with E-state index in [0.717, 1.165) is 18.9 Å². The molecule has 0 bridgehead atoms. The average molecular weight is 345 g/mol. The van der Waals surface area contributed by atoms with Gasteiger partial charge in [0.15, 0.2) is 17.3 Å². The lowest BCUT2D eigenvalue weighted by atomic mass is 10.3. The Hall–Kier alpha value is -2.81. The predicted molar refractivity (Wildman–Crippen MR) is 90.6 cm³/mol. The number of fused-ring (bicyclic) bond motifs is 1. The first-order valence-corrected chi connectivity index (χ1v) is 7.89. The molecule has 9 heteroatoms. The van der Waals surface area contributed by atoms with E-state index in [1.807, 2.05) is 0 Å². The van der Waals surface area contributed by atoms with Crippen molar-refractivity contribution in [3.05, 3.63) is 36.0 Å². The van der Waals surface area contributed by atoms with Gasteiger partial charge in [0, 0.05) is 19.1 Å². The van der Waals surface area contributed by atoms with Crippen molar-refractivity contribution in [3.8, 4) is 0 Å². The number of benzene rings is 1. The second kappa shape index (κ2) is 5.62. The number of hydrogen-bond donors (Lipinski definition) is 3. The van der Waals surface area contributed by atoms with E-state index in [-0.39, 0.29) is 11.2 Å². The zero-order chi connectivity index (χ0) is 17.6. The Morgan fingerprint density at radius 1 is 1.28 bits per heavy atom. The molecule has 0 unspecified atom stereocenters. The van der Waals surface area contributed by atoms with Gasteiger partial charge in [-0.3, -0.25) is 4.68 Å². The number of rotatable bonds is 5. The van der Waals surface area contributed by atoms with E-state index >= 15 is 0 Å². The molecule has 0 amide bonds. The molecule has 7 nitrogen and oxygen atoms in total. The molecule has 1 aliphatic rings. The van der Waals surface area contributed by atoms with Crippen LogP contribution >= 0.6 is 0 Å². The molecule has 0 atom stereocenters. The van der Waals surface area contributed by atoms with Gasteiger partial charge in [-0.25, -0.2) is 8.78 Å². The lowest BCUT2D eigenvalue weighted by Gasteiger charge is -2.13. The van der Waals surface area contributed by atoms with Crippen molar-refractivity contribution in [1.29, 1.82) is 0 Å². The molecule has 0 spiro atoms. The molecule has 0 saturated heterocycles. The summed E-state index contributed by atoms with van der Waals surface area (Å²) in [5.74, 6) is -1.20. The van der Waals surface area contributed by atoms with E-state index in [4.69, 9.17) is 5.73 Å². The molecule has 0 aliphatic heterocycles. The highest BCUT2D eigenvalue weighted by molar-refractivity contribution is 5.89. The Balaban J connectivity index is 1.72. The van der Waals surface area contributed by atoms with E-state index in [2.05, 4.69) is 25.7 Å². The molecular weight excluding hydrogens is 328 g/mol. The molecule has 4 N–H and O–H groups in total. The zero-order valence-corrected chi connectivity index (χ0v) is 13.6. The van der Waals surface area contributed by atoms with Crippen molar-refractivity contribution in [2.75, 3.05) is 17.2 Å². The van der Waals surface area contributed by atoms with Crippen LogP contribution in [0.3, 0.4) is 0 Å². The summed E-state index contributed by atoms with van der Waals surface area (Å²) in [4.78, 5) is 8.80. The monoisotopic (exact) mass is 345 g/mol. The standard InChI is InChI=1S/C16H17F2N7/c1-25-14-9(7-21-25)13(22-11-4-2-3-10(17)12(11)18)23-15(24-14)20-8-16(19)5-6-16/h2-4,7H,5-6,8,19H2,1H3,(H2,20,22,23,24). The van der Waals surface area contributed by atoms with Gasteiger partial charge in [-0.15, -0.1) is 0 Å². The number of aryl methyl sites for hydroxylation is 1. The van der Waals surface area contributed by atoms with Crippen molar-refractivity contribution in [1.82, 2.24) is 19.7 Å². The van der Waals surface area contributed by atoms with Gasteiger partial charge < -0.3 is 16.4 Å². The Morgan fingerprint density at radius 2 is 2.08 bits per heavy atom. The summed E-state index contributed by atoms with van der Waals surface area (Å²) in [6, 6.07) is 3.92. The minimum Gasteiger partial charge on any atom is -0.352 e. The normalized spacial score (nSPS) is 15.4. The summed E-state index contributed by atoms with van der Waals surface area (Å²) < 4.78 is 29.0. The third-order valence-electron chi connectivity index (χ3n) is 4.29. The van der Waals surface area contributed by atoms with E-state index < -0.39 is 11.6 Å². The second-order valence-electron chi connectivity index (χ2n) is 6.34. The largest absolute Gasteiger partial charge is 0.352 e. The third kappa shape index (κ3) is 2.98. The van der Waals surface area contributed by atoms with Gasteiger partial charge in [0.25, 0.3) is 0 Å². The van der Waals surface area contributed by atoms with Crippen molar-refractivity contribution in [2.24, 2.45) is 12.8 Å². The number of halogens is 2. The lowest BCUT2D eigenvalue weighted by Crippen LogP contribution is -2.31. The second-order valence-corrected chi connectivity index (χ2v) is 6.34. The summed E-state index contributed by atoms with van der Waals surface area (Å²) >= 11 is 0. The van der Waals surface area contributed by atoms with Crippen LogP contribution in [0.4, 0.5) is 26.2 Å². The van der Waals surface area contributed by atoms with Crippen LogP contribution in [0.1, 0.15) is 12.8 Å². The number of anilines is 3. The summed E-state index contributed by atoms with van der Waals surface area (Å²) in [5, 5.41) is 10.7. The van der Waals surface area contributed by atoms with Crippen molar-refractivity contribution in [3.63, 3.8) is 0 Å². The molecule has 0 radical (unpaired) electrons. The average Bonchev–Trinajstić information content (AvgIpc) is 3.22. The van der Waals surface area contributed by atoms with E-state index in [0.29, 0.717) is 29.3 Å². The highest BCUT2D eigenvalue weighted by atomic mass is 19.2. The van der Waals surface area contributed by atoms with E-state index in [1.165, 1.54) is 12.1 Å². The molecule has 3 aromatic rings. The van der Waals surface area contributed by atoms with Gasteiger partial charge >= 0.3 is 0 Å². The molecule has 2 heterocycles. The number of nitrogens with zero attached hydrogens (tertiary/aromatic N) is 4. The fourth-order valence-electron chi connectivity index (χ4n) is 2.52. The highest BCUT2D eigenvalue weighted by Crippen LogP contribution is 2.32. The van der Waals surface area contributed by atoms with Crippen LogP contribution in [-0.4, -0.2) is 31.8 Å². The summed E-state index contributed by atoms with van der Waals surface area (Å²) in [6.45, 7) is 0.546. The van der Waals surface area contributed by atoms with Crippen LogP contribution in [0.5, 0.6) is 0 Å². The number of nitrogens with two attached hydrogens (primary N) is 1. The zero-order valence-electron chi connectivity index (χ0n) is 13.6. The van der Waals surface area contributed by atoms with Crippen LogP contribution in [0.25, 0.3) is 11.0 Å². The van der Waals surface area contributed by atoms with Crippen molar-refractivity contribution < 1.29 is 8.78 Å². The molecule has 1 saturated carbocycles. The van der Waals surface area contributed by atoms with Crippen molar-refractivity contribution >= 4 is 28.5 Å². The lowest BCUT2D eigenvalue weighted by molar-refractivity contribution is 0.512. The van der Waals surface area contributed by atoms with Crippen molar-refractivity contribution in [2.45, 2.75) is 18.4 Å². The van der Waals surface area contributed by atoms with E-state index in [1.54, 1.807) is 17.9 Å². The van der Waals surface area contributed by atoms with Crippen LogP contribution in [0.15, 0.2) is 24.4 Å². The molecule has 1 aromatic carbocycles. The molecule has 1 aliphatic carbocycles. The topological polar surface area (TPSA) is 93.7 Å². The molecule has 25 heavy (non-hydrogen) atoms. The Labute approximate surface area is 142 Å². The minimum absolute atomic E-state index is 0.00714. The quantitative estimate of drug-likeness (QED) is 0.657.